The van der Waals surface area contributed by atoms with Gasteiger partial charge < -0.3 is 36.0 Å². The molecule has 0 aliphatic heterocycles. The van der Waals surface area contributed by atoms with Crippen LogP contribution in [0.2, 0.25) is 0 Å². The highest BCUT2D eigenvalue weighted by atomic mass is 16.5. The highest BCUT2D eigenvalue weighted by Crippen LogP contribution is 2.03. The highest BCUT2D eigenvalue weighted by Gasteiger charge is 2.30. The van der Waals surface area contributed by atoms with E-state index in [2.05, 4.69) is 4.74 Å². The molecule has 0 rings (SSSR count). The number of Topliss-reactive ketones (excluding diaryl/α,β-unsaturated/α-hetero) is 1. The van der Waals surface area contributed by atoms with E-state index in [4.69, 9.17) is 21.1 Å². The maximum atomic E-state index is 11.4. The van der Waals surface area contributed by atoms with Crippen LogP contribution in [0.15, 0.2) is 0 Å². The second-order valence-electron chi connectivity index (χ2n) is 4.30. The van der Waals surface area contributed by atoms with Crippen molar-refractivity contribution in [3.8, 4) is 0 Å². The Balaban J connectivity index is 4.23. The predicted molar refractivity (Wildman–Crippen MR) is 65.9 cm³/mol. The number of carboxylic acids is 1. The first-order valence-corrected chi connectivity index (χ1v) is 6.02. The number of nitrogens with two attached hydrogens (primary N) is 1. The van der Waals surface area contributed by atoms with Gasteiger partial charge in [-0.1, -0.05) is 0 Å². The van der Waals surface area contributed by atoms with Gasteiger partial charge in [0.15, 0.2) is 6.61 Å². The number of carbonyl (C=O) groups is 3. The van der Waals surface area contributed by atoms with Crippen molar-refractivity contribution in [2.45, 2.75) is 37.2 Å². The normalized spacial score (nSPS) is 16.6. The van der Waals surface area contributed by atoms with Gasteiger partial charge in [0, 0.05) is 6.42 Å². The van der Waals surface area contributed by atoms with E-state index in [1.165, 1.54) is 0 Å². The van der Waals surface area contributed by atoms with Crippen LogP contribution in [0.25, 0.3) is 0 Å². The molecule has 122 valence electrons. The minimum Gasteiger partial charge on any atom is -0.481 e. The lowest BCUT2D eigenvalue weighted by atomic mass is 10.1. The molecule has 0 aromatic carbocycles. The standard InChI is InChI=1S/C11H19NO9/c12-5(1-2-8(16)17)11(20)21-4-7(15)10(19)9(18)6(14)3-13/h5-6,9-10,13-14,18-19H,1-4,12H2,(H,16,17). The lowest BCUT2D eigenvalue weighted by Crippen LogP contribution is -2.45. The van der Waals surface area contributed by atoms with E-state index in [9.17, 15) is 24.6 Å². The number of ketones is 1. The minimum atomic E-state index is -2.05. The first kappa shape index (κ1) is 19.4. The molecule has 4 atom stereocenters. The van der Waals surface area contributed by atoms with Gasteiger partial charge in [-0.2, -0.15) is 0 Å². The third-order valence-electron chi connectivity index (χ3n) is 2.56. The summed E-state index contributed by atoms with van der Waals surface area (Å²) in [6.45, 7) is -1.78. The summed E-state index contributed by atoms with van der Waals surface area (Å²) in [5.74, 6) is -3.28. The average molecular weight is 309 g/mol. The predicted octanol–water partition coefficient (Wildman–Crippen LogP) is -3.63. The van der Waals surface area contributed by atoms with Crippen molar-refractivity contribution in [1.29, 1.82) is 0 Å². The summed E-state index contributed by atoms with van der Waals surface area (Å²) in [5, 5.41) is 44.6. The molecule has 0 amide bonds. The van der Waals surface area contributed by atoms with Crippen LogP contribution in [0.1, 0.15) is 12.8 Å². The molecule has 10 heteroatoms. The first-order chi connectivity index (χ1) is 9.70. The molecule has 0 aromatic heterocycles. The Bertz CT molecular complexity index is 373. The van der Waals surface area contributed by atoms with Gasteiger partial charge in [-0.05, 0) is 6.42 Å². The molecular weight excluding hydrogens is 290 g/mol. The van der Waals surface area contributed by atoms with Gasteiger partial charge in [-0.25, -0.2) is 0 Å². The topological polar surface area (TPSA) is 188 Å². The quantitative estimate of drug-likeness (QED) is 0.220. The lowest BCUT2D eigenvalue weighted by Gasteiger charge is -2.20. The number of esters is 1. The fourth-order valence-corrected chi connectivity index (χ4v) is 1.24. The van der Waals surface area contributed by atoms with Crippen molar-refractivity contribution in [2.24, 2.45) is 5.73 Å². The molecule has 10 nitrogen and oxygen atoms in total. The Morgan fingerprint density at radius 3 is 2.19 bits per heavy atom. The maximum absolute atomic E-state index is 11.4. The van der Waals surface area contributed by atoms with Gasteiger partial charge in [0.05, 0.1) is 6.61 Å². The maximum Gasteiger partial charge on any atom is 0.323 e. The Morgan fingerprint density at radius 2 is 1.71 bits per heavy atom. The number of ether oxygens (including phenoxy) is 1. The minimum absolute atomic E-state index is 0.184. The molecule has 0 saturated carbocycles. The number of carboxylic acid groups (broad SMARTS) is 1. The summed E-state index contributed by atoms with van der Waals surface area (Å²) in [6, 6.07) is -1.24. The molecule has 4 unspecified atom stereocenters. The van der Waals surface area contributed by atoms with E-state index < -0.39 is 55.3 Å². The van der Waals surface area contributed by atoms with Gasteiger partial charge >= 0.3 is 11.9 Å². The fourth-order valence-electron chi connectivity index (χ4n) is 1.24. The molecule has 0 saturated heterocycles. The number of rotatable bonds is 10. The number of carbonyl (C=O) groups excluding carboxylic acids is 2. The molecule has 0 aliphatic rings. The van der Waals surface area contributed by atoms with Crippen LogP contribution in [0.3, 0.4) is 0 Å². The molecule has 7 N–H and O–H groups in total. The molecule has 0 spiro atoms. The molecule has 0 bridgehead atoms. The molecule has 0 heterocycles. The fraction of sp³-hybridized carbons (Fsp3) is 0.727. The Hall–Kier alpha value is -1.59. The number of aliphatic hydroxyl groups is 4. The first-order valence-electron chi connectivity index (χ1n) is 6.02. The molecule has 0 radical (unpaired) electrons. The molecule has 0 aromatic rings. The van der Waals surface area contributed by atoms with Crippen LogP contribution in [0, 0.1) is 0 Å². The van der Waals surface area contributed by atoms with E-state index in [0.29, 0.717) is 0 Å². The van der Waals surface area contributed by atoms with Crippen LogP contribution in [-0.4, -0.2) is 80.8 Å². The number of aliphatic carboxylic acids is 1. The summed E-state index contributed by atoms with van der Waals surface area (Å²) < 4.78 is 4.46. The zero-order valence-corrected chi connectivity index (χ0v) is 11.1. The van der Waals surface area contributed by atoms with Crippen molar-refractivity contribution in [2.75, 3.05) is 13.2 Å². The summed E-state index contributed by atoms with van der Waals surface area (Å²) in [4.78, 5) is 33.0. The molecule has 0 fully saturated rings. The SMILES string of the molecule is NC(CCC(=O)O)C(=O)OCC(=O)C(O)C(O)C(O)CO. The van der Waals surface area contributed by atoms with Crippen molar-refractivity contribution < 1.29 is 44.7 Å². The van der Waals surface area contributed by atoms with Gasteiger partial charge in [-0.3, -0.25) is 14.4 Å². The van der Waals surface area contributed by atoms with Gasteiger partial charge in [-0.15, -0.1) is 0 Å². The summed E-state index contributed by atoms with van der Waals surface area (Å²) >= 11 is 0. The van der Waals surface area contributed by atoms with E-state index in [1.54, 1.807) is 0 Å². The third kappa shape index (κ3) is 7.11. The molecule has 0 aliphatic carbocycles. The van der Waals surface area contributed by atoms with Crippen LogP contribution in [0.4, 0.5) is 0 Å². The van der Waals surface area contributed by atoms with Crippen molar-refractivity contribution >= 4 is 17.7 Å². The summed E-state index contributed by atoms with van der Waals surface area (Å²) in [5.41, 5.74) is 5.32. The van der Waals surface area contributed by atoms with E-state index in [-0.39, 0.29) is 12.8 Å². The van der Waals surface area contributed by atoms with Gasteiger partial charge in [0.25, 0.3) is 0 Å². The third-order valence-corrected chi connectivity index (χ3v) is 2.56. The van der Waals surface area contributed by atoms with Gasteiger partial charge in [0.2, 0.25) is 5.78 Å². The average Bonchev–Trinajstić information content (AvgIpc) is 2.46. The summed E-state index contributed by atoms with van der Waals surface area (Å²) in [6.07, 6.45) is -6.24. The Labute approximate surface area is 119 Å². The zero-order valence-electron chi connectivity index (χ0n) is 11.1. The number of hydrogen-bond donors (Lipinski definition) is 6. The molecular formula is C11H19NO9. The Kier molecular flexibility index (Phi) is 8.66. The Morgan fingerprint density at radius 1 is 1.14 bits per heavy atom. The lowest BCUT2D eigenvalue weighted by molar-refractivity contribution is -0.156. The zero-order chi connectivity index (χ0) is 16.6. The summed E-state index contributed by atoms with van der Waals surface area (Å²) in [7, 11) is 0. The largest absolute Gasteiger partial charge is 0.481 e. The smallest absolute Gasteiger partial charge is 0.323 e. The monoisotopic (exact) mass is 309 g/mol. The van der Waals surface area contributed by atoms with E-state index in [1.807, 2.05) is 0 Å². The van der Waals surface area contributed by atoms with Crippen molar-refractivity contribution in [3.05, 3.63) is 0 Å². The number of aliphatic hydroxyl groups excluding tert-OH is 4. The van der Waals surface area contributed by atoms with E-state index >= 15 is 0 Å². The second kappa shape index (κ2) is 9.37. The van der Waals surface area contributed by atoms with Crippen molar-refractivity contribution in [3.63, 3.8) is 0 Å². The van der Waals surface area contributed by atoms with Crippen LogP contribution >= 0.6 is 0 Å². The van der Waals surface area contributed by atoms with Crippen LogP contribution < -0.4 is 5.73 Å². The van der Waals surface area contributed by atoms with Crippen LogP contribution in [0.5, 0.6) is 0 Å². The van der Waals surface area contributed by atoms with Crippen molar-refractivity contribution in [1.82, 2.24) is 0 Å². The molecule has 21 heavy (non-hydrogen) atoms. The highest BCUT2D eigenvalue weighted by molar-refractivity contribution is 5.87. The van der Waals surface area contributed by atoms with Crippen LogP contribution in [-0.2, 0) is 19.1 Å². The number of hydrogen-bond acceptors (Lipinski definition) is 9. The van der Waals surface area contributed by atoms with Gasteiger partial charge in [0.1, 0.15) is 24.4 Å². The second-order valence-corrected chi connectivity index (χ2v) is 4.30. The van der Waals surface area contributed by atoms with E-state index in [0.717, 1.165) is 0 Å².